The van der Waals surface area contributed by atoms with Gasteiger partial charge in [0.05, 0.1) is 6.61 Å². The van der Waals surface area contributed by atoms with Crippen molar-refractivity contribution in [2.75, 3.05) is 31.1 Å². The fourth-order valence-electron chi connectivity index (χ4n) is 2.51. The van der Waals surface area contributed by atoms with Crippen LogP contribution in [-0.4, -0.2) is 58.5 Å². The first-order valence-electron chi connectivity index (χ1n) is 6.26. The van der Waals surface area contributed by atoms with Crippen molar-refractivity contribution in [2.24, 2.45) is 0 Å². The summed E-state index contributed by atoms with van der Waals surface area (Å²) in [5.74, 6) is 0. The molecule has 0 bridgehead atoms. The topological polar surface area (TPSA) is 52.5 Å². The van der Waals surface area contributed by atoms with Crippen molar-refractivity contribution >= 4 is 16.5 Å². The van der Waals surface area contributed by atoms with E-state index in [1.54, 1.807) is 0 Å². The number of hydrogen-bond donors (Lipinski definition) is 1. The average molecular weight is 292 g/mol. The van der Waals surface area contributed by atoms with Crippen LogP contribution in [-0.2, 0) is 0 Å². The monoisotopic (exact) mass is 292 g/mol. The van der Waals surface area contributed by atoms with Gasteiger partial charge in [-0.2, -0.15) is 0 Å². The lowest BCUT2D eigenvalue weighted by Crippen LogP contribution is -2.57. The minimum absolute atomic E-state index is 0.128. The number of aliphatic hydroxyl groups excluding tert-OH is 1. The maximum atomic E-state index is 12.5. The number of alkyl halides is 2. The largest absolute Gasteiger partial charge is 0.395 e. The van der Waals surface area contributed by atoms with Gasteiger partial charge in [0.2, 0.25) is 5.13 Å². The van der Waals surface area contributed by atoms with Gasteiger partial charge in [-0.3, -0.25) is 4.90 Å². The van der Waals surface area contributed by atoms with E-state index in [1.165, 1.54) is 0 Å². The van der Waals surface area contributed by atoms with Crippen molar-refractivity contribution in [3.05, 3.63) is 5.01 Å². The second kappa shape index (κ2) is 6.06. The molecule has 1 aliphatic heterocycles. The van der Waals surface area contributed by atoms with Crippen molar-refractivity contribution in [3.8, 4) is 0 Å². The SMILES string of the molecule is C[C@@H]1CN(c2nnc(C(F)F)s2)C[C@H](C)N1CCO. The van der Waals surface area contributed by atoms with Crippen molar-refractivity contribution < 1.29 is 13.9 Å². The third-order valence-electron chi connectivity index (χ3n) is 3.35. The van der Waals surface area contributed by atoms with E-state index < -0.39 is 6.43 Å². The second-order valence-corrected chi connectivity index (χ2v) is 5.78. The summed E-state index contributed by atoms with van der Waals surface area (Å²) in [6.45, 7) is 6.31. The van der Waals surface area contributed by atoms with E-state index in [9.17, 15) is 8.78 Å². The van der Waals surface area contributed by atoms with Crippen LogP contribution in [0.15, 0.2) is 0 Å². The van der Waals surface area contributed by atoms with Crippen LogP contribution in [0, 0.1) is 0 Å². The Kier molecular flexibility index (Phi) is 4.64. The summed E-state index contributed by atoms with van der Waals surface area (Å²) in [6.07, 6.45) is -2.56. The molecule has 108 valence electrons. The van der Waals surface area contributed by atoms with Gasteiger partial charge in [-0.15, -0.1) is 10.2 Å². The number of nitrogens with zero attached hydrogens (tertiary/aromatic N) is 4. The Morgan fingerprint density at radius 3 is 2.42 bits per heavy atom. The Balaban J connectivity index is 2.06. The van der Waals surface area contributed by atoms with Gasteiger partial charge in [-0.25, -0.2) is 8.78 Å². The summed E-state index contributed by atoms with van der Waals surface area (Å²) in [5.41, 5.74) is 0. The Hall–Kier alpha value is -0.860. The molecule has 0 aliphatic carbocycles. The van der Waals surface area contributed by atoms with E-state index in [2.05, 4.69) is 28.9 Å². The molecule has 1 aliphatic rings. The smallest absolute Gasteiger partial charge is 0.291 e. The molecule has 0 radical (unpaired) electrons. The Bertz CT molecular complexity index is 405. The quantitative estimate of drug-likeness (QED) is 0.908. The Morgan fingerprint density at radius 1 is 1.32 bits per heavy atom. The molecule has 2 rings (SSSR count). The summed E-state index contributed by atoms with van der Waals surface area (Å²) in [5, 5.41) is 16.7. The minimum Gasteiger partial charge on any atom is -0.395 e. The number of anilines is 1. The predicted octanol–water partition coefficient (Wildman–Crippen LogP) is 1.37. The fourth-order valence-corrected chi connectivity index (χ4v) is 3.23. The van der Waals surface area contributed by atoms with E-state index in [-0.39, 0.29) is 23.7 Å². The van der Waals surface area contributed by atoms with Crippen LogP contribution < -0.4 is 4.90 Å². The first kappa shape index (κ1) is 14.5. The van der Waals surface area contributed by atoms with Crippen LogP contribution in [0.4, 0.5) is 13.9 Å². The normalized spacial score (nSPS) is 25.3. The number of aromatic nitrogens is 2. The molecule has 2 atom stereocenters. The standard InChI is InChI=1S/C11H18F2N4OS/c1-7-5-16(6-8(2)17(7)3-4-18)11-15-14-10(19-11)9(12)13/h7-9,18H,3-6H2,1-2H3/t7-,8+. The minimum atomic E-state index is -2.56. The van der Waals surface area contributed by atoms with Gasteiger partial charge < -0.3 is 10.0 Å². The fraction of sp³-hybridized carbons (Fsp3) is 0.818. The molecule has 0 amide bonds. The molecule has 1 fully saturated rings. The van der Waals surface area contributed by atoms with Gasteiger partial charge in [-0.1, -0.05) is 11.3 Å². The molecule has 0 saturated carbocycles. The first-order valence-corrected chi connectivity index (χ1v) is 7.07. The molecule has 2 heterocycles. The van der Waals surface area contributed by atoms with E-state index >= 15 is 0 Å². The summed E-state index contributed by atoms with van der Waals surface area (Å²) < 4.78 is 25.0. The van der Waals surface area contributed by atoms with Crippen LogP contribution in [0.5, 0.6) is 0 Å². The van der Waals surface area contributed by atoms with Crippen LogP contribution in [0.2, 0.25) is 0 Å². The van der Waals surface area contributed by atoms with Crippen molar-refractivity contribution in [3.63, 3.8) is 0 Å². The van der Waals surface area contributed by atoms with E-state index in [0.717, 1.165) is 11.3 Å². The highest BCUT2D eigenvalue weighted by molar-refractivity contribution is 7.15. The third kappa shape index (κ3) is 3.18. The summed E-state index contributed by atoms with van der Waals surface area (Å²) in [4.78, 5) is 4.21. The molecule has 19 heavy (non-hydrogen) atoms. The van der Waals surface area contributed by atoms with Gasteiger partial charge in [0.25, 0.3) is 6.43 Å². The lowest BCUT2D eigenvalue weighted by atomic mass is 10.1. The number of piperazine rings is 1. The molecule has 1 aromatic rings. The zero-order valence-corrected chi connectivity index (χ0v) is 11.8. The maximum Gasteiger partial charge on any atom is 0.291 e. The molecule has 1 N–H and O–H groups in total. The number of hydrogen-bond acceptors (Lipinski definition) is 6. The molecule has 1 aromatic heterocycles. The zero-order valence-electron chi connectivity index (χ0n) is 11.0. The van der Waals surface area contributed by atoms with Gasteiger partial charge in [0, 0.05) is 31.7 Å². The van der Waals surface area contributed by atoms with Crippen molar-refractivity contribution in [1.82, 2.24) is 15.1 Å². The van der Waals surface area contributed by atoms with Gasteiger partial charge in [-0.05, 0) is 13.8 Å². The molecule has 0 spiro atoms. The number of halogens is 2. The van der Waals surface area contributed by atoms with Crippen molar-refractivity contribution in [2.45, 2.75) is 32.4 Å². The Morgan fingerprint density at radius 2 is 1.95 bits per heavy atom. The van der Waals surface area contributed by atoms with Crippen LogP contribution >= 0.6 is 11.3 Å². The highest BCUT2D eigenvalue weighted by atomic mass is 32.1. The zero-order chi connectivity index (χ0) is 14.0. The summed E-state index contributed by atoms with van der Waals surface area (Å²) in [7, 11) is 0. The lowest BCUT2D eigenvalue weighted by Gasteiger charge is -2.44. The molecule has 0 aromatic carbocycles. The lowest BCUT2D eigenvalue weighted by molar-refractivity contribution is 0.103. The molecule has 0 unspecified atom stereocenters. The number of rotatable bonds is 4. The van der Waals surface area contributed by atoms with Gasteiger partial charge >= 0.3 is 0 Å². The van der Waals surface area contributed by atoms with Gasteiger partial charge in [0.15, 0.2) is 5.01 Å². The Labute approximate surface area is 114 Å². The third-order valence-corrected chi connectivity index (χ3v) is 4.34. The molecule has 5 nitrogen and oxygen atoms in total. The van der Waals surface area contributed by atoms with Crippen molar-refractivity contribution in [1.29, 1.82) is 0 Å². The van der Waals surface area contributed by atoms with Crippen LogP contribution in [0.25, 0.3) is 0 Å². The first-order chi connectivity index (χ1) is 9.02. The predicted molar refractivity (Wildman–Crippen MR) is 69.8 cm³/mol. The van der Waals surface area contributed by atoms with E-state index in [1.807, 2.05) is 4.90 Å². The molecular weight excluding hydrogens is 274 g/mol. The molecule has 1 saturated heterocycles. The number of aliphatic hydroxyl groups is 1. The molecular formula is C11H18F2N4OS. The van der Waals surface area contributed by atoms with E-state index in [4.69, 9.17) is 5.11 Å². The van der Waals surface area contributed by atoms with Gasteiger partial charge in [0.1, 0.15) is 0 Å². The summed E-state index contributed by atoms with van der Waals surface area (Å²) in [6, 6.07) is 0.490. The highest BCUT2D eigenvalue weighted by Crippen LogP contribution is 2.29. The second-order valence-electron chi connectivity index (χ2n) is 4.79. The van der Waals surface area contributed by atoms with Crippen LogP contribution in [0.3, 0.4) is 0 Å². The highest BCUT2D eigenvalue weighted by Gasteiger charge is 2.31. The van der Waals surface area contributed by atoms with E-state index in [0.29, 0.717) is 24.8 Å². The summed E-state index contributed by atoms with van der Waals surface area (Å²) >= 11 is 0.952. The number of β-amino-alcohol motifs (C(OH)–C–C–N with tert-alkyl or cyclic N) is 1. The molecule has 8 heteroatoms. The average Bonchev–Trinajstić information content (AvgIpc) is 2.83. The maximum absolute atomic E-state index is 12.5. The van der Waals surface area contributed by atoms with Crippen LogP contribution in [0.1, 0.15) is 25.3 Å².